The van der Waals surface area contributed by atoms with Gasteiger partial charge in [0.25, 0.3) is 5.91 Å². The summed E-state index contributed by atoms with van der Waals surface area (Å²) < 4.78 is 26.6. The van der Waals surface area contributed by atoms with Crippen LogP contribution in [0.5, 0.6) is 0 Å². The molecule has 1 amide bonds. The first-order valence-corrected chi connectivity index (χ1v) is 6.26. The fraction of sp³-hybridized carbons (Fsp3) is 0. The Bertz CT molecular complexity index is 685. The van der Waals surface area contributed by atoms with E-state index in [9.17, 15) is 13.6 Å². The monoisotopic (exact) mass is 336 g/mol. The minimum atomic E-state index is -0.876. The topological polar surface area (TPSA) is 52.9 Å². The van der Waals surface area contributed by atoms with Crippen molar-refractivity contribution < 1.29 is 13.6 Å². The molecule has 0 bridgehead atoms. The van der Waals surface area contributed by atoms with Gasteiger partial charge in [-0.2, -0.15) is 5.26 Å². The molecule has 0 saturated heterocycles. The molecule has 0 radical (unpaired) electrons. The number of carbonyl (C=O) groups is 1. The second-order valence-corrected chi connectivity index (χ2v) is 4.74. The molecule has 0 saturated carbocycles. The highest BCUT2D eigenvalue weighted by molar-refractivity contribution is 9.10. The maximum Gasteiger partial charge on any atom is 0.255 e. The van der Waals surface area contributed by atoms with Crippen molar-refractivity contribution in [2.24, 2.45) is 0 Å². The van der Waals surface area contributed by atoms with Crippen LogP contribution in [0.15, 0.2) is 40.9 Å². The van der Waals surface area contributed by atoms with Crippen molar-refractivity contribution >= 4 is 27.5 Å². The van der Waals surface area contributed by atoms with E-state index in [2.05, 4.69) is 21.2 Å². The van der Waals surface area contributed by atoms with Crippen molar-refractivity contribution in [2.45, 2.75) is 0 Å². The molecule has 1 N–H and O–H groups in total. The molecule has 3 nitrogen and oxygen atoms in total. The van der Waals surface area contributed by atoms with Crippen LogP contribution in [-0.2, 0) is 0 Å². The Morgan fingerprint density at radius 3 is 2.40 bits per heavy atom. The maximum absolute atomic E-state index is 13.6. The van der Waals surface area contributed by atoms with Crippen molar-refractivity contribution in [3.63, 3.8) is 0 Å². The lowest BCUT2D eigenvalue weighted by atomic mass is 10.1. The number of carbonyl (C=O) groups excluding carboxylic acids is 1. The third kappa shape index (κ3) is 3.00. The molecule has 2 rings (SSSR count). The van der Waals surface area contributed by atoms with Gasteiger partial charge in [-0.25, -0.2) is 8.78 Å². The molecule has 100 valence electrons. The van der Waals surface area contributed by atoms with Crippen LogP contribution in [0.2, 0.25) is 0 Å². The van der Waals surface area contributed by atoms with Gasteiger partial charge in [-0.15, -0.1) is 0 Å². The second kappa shape index (κ2) is 5.80. The summed E-state index contributed by atoms with van der Waals surface area (Å²) in [6.07, 6.45) is 0. The summed E-state index contributed by atoms with van der Waals surface area (Å²) in [5.74, 6) is -2.18. The first-order valence-electron chi connectivity index (χ1n) is 5.47. The van der Waals surface area contributed by atoms with Crippen LogP contribution in [-0.4, -0.2) is 5.91 Å². The molecule has 0 heterocycles. The zero-order valence-corrected chi connectivity index (χ0v) is 11.5. The van der Waals surface area contributed by atoms with E-state index in [0.717, 1.165) is 6.07 Å². The third-order valence-electron chi connectivity index (χ3n) is 2.52. The number of benzene rings is 2. The van der Waals surface area contributed by atoms with Crippen molar-refractivity contribution in [2.75, 3.05) is 5.32 Å². The van der Waals surface area contributed by atoms with E-state index in [1.165, 1.54) is 24.3 Å². The van der Waals surface area contributed by atoms with Gasteiger partial charge in [-0.1, -0.05) is 0 Å². The van der Waals surface area contributed by atoms with E-state index in [1.54, 1.807) is 0 Å². The molecular weight excluding hydrogens is 330 g/mol. The quantitative estimate of drug-likeness (QED) is 0.905. The summed E-state index contributed by atoms with van der Waals surface area (Å²) in [6, 6.07) is 9.51. The molecule has 0 aliphatic rings. The van der Waals surface area contributed by atoms with Gasteiger partial charge in [0.2, 0.25) is 0 Å². The summed E-state index contributed by atoms with van der Waals surface area (Å²) in [7, 11) is 0. The molecule has 0 atom stereocenters. The summed E-state index contributed by atoms with van der Waals surface area (Å²) in [5, 5.41) is 11.0. The van der Waals surface area contributed by atoms with Crippen LogP contribution < -0.4 is 5.32 Å². The van der Waals surface area contributed by atoms with E-state index >= 15 is 0 Å². The standard InChI is InChI=1S/C14H7BrF2N2O/c15-11-5-10(16)6-12(17)13(11)19-14(20)9-3-1-8(7-18)2-4-9/h1-6H,(H,19,20). The lowest BCUT2D eigenvalue weighted by Gasteiger charge is -2.09. The van der Waals surface area contributed by atoms with Gasteiger partial charge >= 0.3 is 0 Å². The Hall–Kier alpha value is -2.26. The molecule has 0 aromatic heterocycles. The molecule has 0 fully saturated rings. The lowest BCUT2D eigenvalue weighted by molar-refractivity contribution is 0.102. The highest BCUT2D eigenvalue weighted by Crippen LogP contribution is 2.27. The van der Waals surface area contributed by atoms with Crippen LogP contribution >= 0.6 is 15.9 Å². The van der Waals surface area contributed by atoms with Crippen molar-refractivity contribution in [1.82, 2.24) is 0 Å². The minimum absolute atomic E-state index is 0.108. The van der Waals surface area contributed by atoms with Crippen molar-refractivity contribution in [1.29, 1.82) is 5.26 Å². The highest BCUT2D eigenvalue weighted by atomic mass is 79.9. The fourth-order valence-electron chi connectivity index (χ4n) is 1.54. The zero-order chi connectivity index (χ0) is 14.7. The lowest BCUT2D eigenvalue weighted by Crippen LogP contribution is -2.13. The molecule has 0 aliphatic carbocycles. The first kappa shape index (κ1) is 14.2. The van der Waals surface area contributed by atoms with E-state index < -0.39 is 17.5 Å². The van der Waals surface area contributed by atoms with Crippen LogP contribution in [0.25, 0.3) is 0 Å². The second-order valence-electron chi connectivity index (χ2n) is 3.89. The van der Waals surface area contributed by atoms with Crippen LogP contribution in [0.3, 0.4) is 0 Å². The van der Waals surface area contributed by atoms with E-state index in [4.69, 9.17) is 5.26 Å². The van der Waals surface area contributed by atoms with Gasteiger partial charge in [0.15, 0.2) is 5.82 Å². The SMILES string of the molecule is N#Cc1ccc(C(=O)Nc2c(F)cc(F)cc2Br)cc1. The predicted molar refractivity (Wildman–Crippen MR) is 73.2 cm³/mol. The third-order valence-corrected chi connectivity index (χ3v) is 3.15. The molecule has 0 spiro atoms. The first-order chi connectivity index (χ1) is 9.51. The van der Waals surface area contributed by atoms with Gasteiger partial charge in [-0.05, 0) is 46.3 Å². The Labute approximate surface area is 122 Å². The summed E-state index contributed by atoms with van der Waals surface area (Å²) >= 11 is 2.98. The highest BCUT2D eigenvalue weighted by Gasteiger charge is 2.14. The Morgan fingerprint density at radius 1 is 1.20 bits per heavy atom. The summed E-state index contributed by atoms with van der Waals surface area (Å²) in [4.78, 5) is 11.9. The van der Waals surface area contributed by atoms with Gasteiger partial charge in [0.05, 0.1) is 17.3 Å². The van der Waals surface area contributed by atoms with E-state index in [0.29, 0.717) is 11.6 Å². The molecule has 2 aromatic carbocycles. The normalized spacial score (nSPS) is 9.90. The largest absolute Gasteiger partial charge is 0.319 e. The number of nitrogens with one attached hydrogen (secondary N) is 1. The van der Waals surface area contributed by atoms with Crippen molar-refractivity contribution in [3.8, 4) is 6.07 Å². The van der Waals surface area contributed by atoms with Gasteiger partial charge < -0.3 is 5.32 Å². The number of halogens is 3. The van der Waals surface area contributed by atoms with Crippen LogP contribution in [0.1, 0.15) is 15.9 Å². The maximum atomic E-state index is 13.6. The number of amides is 1. The summed E-state index contributed by atoms with van der Waals surface area (Å²) in [6.45, 7) is 0. The predicted octanol–water partition coefficient (Wildman–Crippen LogP) is 3.85. The average Bonchev–Trinajstić information content (AvgIpc) is 2.42. The Balaban J connectivity index is 2.26. The number of rotatable bonds is 2. The van der Waals surface area contributed by atoms with Crippen LogP contribution in [0, 0.1) is 23.0 Å². The number of nitrogens with zero attached hydrogens (tertiary/aromatic N) is 1. The Morgan fingerprint density at radius 2 is 1.85 bits per heavy atom. The molecule has 20 heavy (non-hydrogen) atoms. The van der Waals surface area contributed by atoms with Crippen molar-refractivity contribution in [3.05, 3.63) is 63.6 Å². The molecule has 0 unspecified atom stereocenters. The number of hydrogen-bond acceptors (Lipinski definition) is 2. The molecular formula is C14H7BrF2N2O. The van der Waals surface area contributed by atoms with E-state index in [-0.39, 0.29) is 15.7 Å². The fourth-order valence-corrected chi connectivity index (χ4v) is 2.05. The van der Waals surface area contributed by atoms with E-state index in [1.807, 2.05) is 6.07 Å². The van der Waals surface area contributed by atoms with Gasteiger partial charge in [-0.3, -0.25) is 4.79 Å². The van der Waals surface area contributed by atoms with Crippen LogP contribution in [0.4, 0.5) is 14.5 Å². The minimum Gasteiger partial charge on any atom is -0.319 e. The number of hydrogen-bond donors (Lipinski definition) is 1. The zero-order valence-electron chi connectivity index (χ0n) is 9.95. The average molecular weight is 337 g/mol. The smallest absolute Gasteiger partial charge is 0.255 e. The molecule has 0 aliphatic heterocycles. The number of nitriles is 1. The van der Waals surface area contributed by atoms with Gasteiger partial charge in [0, 0.05) is 16.1 Å². The number of anilines is 1. The Kier molecular flexibility index (Phi) is 4.11. The summed E-state index contributed by atoms with van der Waals surface area (Å²) in [5.41, 5.74) is 0.538. The van der Waals surface area contributed by atoms with Gasteiger partial charge in [0.1, 0.15) is 5.82 Å². The molecule has 2 aromatic rings. The molecule has 6 heteroatoms.